The molecule has 4 N–H and O–H groups in total. The van der Waals surface area contributed by atoms with Gasteiger partial charge in [0.2, 0.25) is 0 Å². The number of aliphatic hydroxyl groups is 2. The minimum Gasteiger partial charge on any atom is -0.395 e. The molecule has 1 fully saturated rings. The molecule has 0 saturated carbocycles. The summed E-state index contributed by atoms with van der Waals surface area (Å²) in [7, 11) is 0. The van der Waals surface area contributed by atoms with Crippen LogP contribution < -0.4 is 5.73 Å². The summed E-state index contributed by atoms with van der Waals surface area (Å²) in [5.41, 5.74) is 7.57. The second-order valence-corrected chi connectivity index (χ2v) is 5.64. The second kappa shape index (κ2) is 7.74. The maximum atomic E-state index is 10.4. The first kappa shape index (κ1) is 15.4. The highest BCUT2D eigenvalue weighted by Crippen LogP contribution is 2.21. The highest BCUT2D eigenvalue weighted by Gasteiger charge is 2.22. The van der Waals surface area contributed by atoms with Gasteiger partial charge in [0.1, 0.15) is 0 Å². The van der Waals surface area contributed by atoms with E-state index < -0.39 is 6.10 Å². The molecule has 1 heterocycles. The second-order valence-electron chi connectivity index (χ2n) is 5.64. The molecule has 2 atom stereocenters. The van der Waals surface area contributed by atoms with Gasteiger partial charge in [-0.1, -0.05) is 37.1 Å². The van der Waals surface area contributed by atoms with E-state index in [4.69, 9.17) is 5.73 Å². The van der Waals surface area contributed by atoms with E-state index in [-0.39, 0.29) is 12.6 Å². The van der Waals surface area contributed by atoms with Crippen molar-refractivity contribution in [1.82, 2.24) is 4.90 Å². The molecule has 1 aromatic rings. The molecule has 0 amide bonds. The molecule has 112 valence electrons. The van der Waals surface area contributed by atoms with Crippen molar-refractivity contribution >= 4 is 0 Å². The molecular weight excluding hydrogens is 252 g/mol. The molecule has 2 rings (SSSR count). The summed E-state index contributed by atoms with van der Waals surface area (Å²) in [5.74, 6) is 0. The number of β-amino-alcohol motifs (C(OH)–C–C–N with tert-alkyl or cyclic N) is 1. The normalized spacial score (nSPS) is 22.4. The van der Waals surface area contributed by atoms with Crippen molar-refractivity contribution in [1.29, 1.82) is 0 Å². The Bertz CT molecular complexity index is 394. The van der Waals surface area contributed by atoms with E-state index >= 15 is 0 Å². The Kier molecular flexibility index (Phi) is 5.98. The smallest absolute Gasteiger partial charge is 0.0917 e. The van der Waals surface area contributed by atoms with Gasteiger partial charge in [0.05, 0.1) is 12.7 Å². The minimum absolute atomic E-state index is 0.179. The van der Waals surface area contributed by atoms with Gasteiger partial charge in [-0.05, 0) is 30.5 Å². The third kappa shape index (κ3) is 4.03. The lowest BCUT2D eigenvalue weighted by atomic mass is 10.1. The zero-order valence-electron chi connectivity index (χ0n) is 12.0. The van der Waals surface area contributed by atoms with Gasteiger partial charge >= 0.3 is 0 Å². The summed E-state index contributed by atoms with van der Waals surface area (Å²) in [4.78, 5) is 2.23. The lowest BCUT2D eigenvalue weighted by Gasteiger charge is -2.30. The lowest BCUT2D eigenvalue weighted by Crippen LogP contribution is -2.40. The summed E-state index contributed by atoms with van der Waals surface area (Å²) >= 11 is 0. The van der Waals surface area contributed by atoms with E-state index in [1.54, 1.807) is 0 Å². The minimum atomic E-state index is -0.506. The summed E-state index contributed by atoms with van der Waals surface area (Å²) < 4.78 is 0. The van der Waals surface area contributed by atoms with E-state index in [1.165, 1.54) is 12.8 Å². The van der Waals surface area contributed by atoms with Gasteiger partial charge in [-0.3, -0.25) is 4.90 Å². The fourth-order valence-corrected chi connectivity index (χ4v) is 2.89. The fourth-order valence-electron chi connectivity index (χ4n) is 2.89. The molecule has 1 saturated heterocycles. The van der Waals surface area contributed by atoms with Crippen molar-refractivity contribution in [2.24, 2.45) is 5.73 Å². The Hall–Kier alpha value is -0.940. The van der Waals surface area contributed by atoms with Crippen LogP contribution in [0, 0.1) is 0 Å². The quantitative estimate of drug-likeness (QED) is 0.762. The van der Waals surface area contributed by atoms with Crippen molar-refractivity contribution in [2.45, 2.75) is 44.4 Å². The standard InChI is InChI=1S/C16H26N2O2/c17-10-13-5-7-14(8-6-13)16(20)11-18-9-3-1-2-4-15(18)12-19/h5-8,15-16,19-20H,1-4,9-12,17H2. The van der Waals surface area contributed by atoms with Gasteiger partial charge in [-0.15, -0.1) is 0 Å². The van der Waals surface area contributed by atoms with Crippen LogP contribution in [0.5, 0.6) is 0 Å². The Morgan fingerprint density at radius 1 is 1.20 bits per heavy atom. The van der Waals surface area contributed by atoms with Crippen LogP contribution >= 0.6 is 0 Å². The van der Waals surface area contributed by atoms with Crippen LogP contribution in [0.25, 0.3) is 0 Å². The number of nitrogens with two attached hydrogens (primary N) is 1. The molecular formula is C16H26N2O2. The average molecular weight is 278 g/mol. The first-order chi connectivity index (χ1) is 9.74. The molecule has 0 aromatic heterocycles. The SMILES string of the molecule is NCc1ccc(C(O)CN2CCCCCC2CO)cc1. The fraction of sp³-hybridized carbons (Fsp3) is 0.625. The highest BCUT2D eigenvalue weighted by molar-refractivity contribution is 5.24. The number of rotatable bonds is 5. The van der Waals surface area contributed by atoms with Crippen LogP contribution in [0.3, 0.4) is 0 Å². The zero-order chi connectivity index (χ0) is 14.4. The van der Waals surface area contributed by atoms with Gasteiger partial charge in [0.15, 0.2) is 0 Å². The van der Waals surface area contributed by atoms with Crippen molar-refractivity contribution in [2.75, 3.05) is 19.7 Å². The summed E-state index contributed by atoms with van der Waals surface area (Å²) in [5, 5.41) is 19.9. The molecule has 0 spiro atoms. The van der Waals surface area contributed by atoms with Gasteiger partial charge in [0, 0.05) is 19.1 Å². The van der Waals surface area contributed by atoms with Crippen LogP contribution in [-0.4, -0.2) is 40.9 Å². The number of hydrogen-bond acceptors (Lipinski definition) is 4. The molecule has 1 aromatic carbocycles. The van der Waals surface area contributed by atoms with Crippen molar-refractivity contribution < 1.29 is 10.2 Å². The Balaban J connectivity index is 1.98. The molecule has 2 unspecified atom stereocenters. The Labute approximate surface area is 121 Å². The summed E-state index contributed by atoms with van der Waals surface area (Å²) in [6, 6.07) is 8.00. The highest BCUT2D eigenvalue weighted by atomic mass is 16.3. The van der Waals surface area contributed by atoms with Gasteiger partial charge < -0.3 is 15.9 Å². The largest absolute Gasteiger partial charge is 0.395 e. The monoisotopic (exact) mass is 278 g/mol. The summed E-state index contributed by atoms with van der Waals surface area (Å²) in [6.07, 6.45) is 4.05. The number of likely N-dealkylation sites (tertiary alicyclic amines) is 1. The number of hydrogen-bond donors (Lipinski definition) is 3. The molecule has 1 aliphatic rings. The number of aliphatic hydroxyl groups excluding tert-OH is 2. The van der Waals surface area contributed by atoms with Gasteiger partial charge in [-0.2, -0.15) is 0 Å². The van der Waals surface area contributed by atoms with Crippen molar-refractivity contribution in [3.63, 3.8) is 0 Å². The van der Waals surface area contributed by atoms with Crippen LogP contribution in [0.4, 0.5) is 0 Å². The first-order valence-corrected chi connectivity index (χ1v) is 7.56. The van der Waals surface area contributed by atoms with E-state index in [1.807, 2.05) is 24.3 Å². The Morgan fingerprint density at radius 3 is 2.60 bits per heavy atom. The van der Waals surface area contributed by atoms with E-state index in [9.17, 15) is 10.2 Å². The van der Waals surface area contributed by atoms with E-state index in [0.29, 0.717) is 13.1 Å². The number of benzene rings is 1. The molecule has 20 heavy (non-hydrogen) atoms. The van der Waals surface area contributed by atoms with Crippen LogP contribution in [-0.2, 0) is 6.54 Å². The molecule has 1 aliphatic heterocycles. The van der Waals surface area contributed by atoms with Crippen molar-refractivity contribution in [3.8, 4) is 0 Å². The van der Waals surface area contributed by atoms with Gasteiger partial charge in [0.25, 0.3) is 0 Å². The molecule has 4 heteroatoms. The molecule has 0 bridgehead atoms. The molecule has 4 nitrogen and oxygen atoms in total. The third-order valence-electron chi connectivity index (χ3n) is 4.22. The average Bonchev–Trinajstić information content (AvgIpc) is 2.72. The lowest BCUT2D eigenvalue weighted by molar-refractivity contribution is 0.0636. The zero-order valence-corrected chi connectivity index (χ0v) is 12.0. The van der Waals surface area contributed by atoms with E-state index in [0.717, 1.165) is 30.5 Å². The number of nitrogens with zero attached hydrogens (tertiary/aromatic N) is 1. The maximum Gasteiger partial charge on any atom is 0.0917 e. The molecule has 0 radical (unpaired) electrons. The van der Waals surface area contributed by atoms with Crippen LogP contribution in [0.15, 0.2) is 24.3 Å². The summed E-state index contributed by atoms with van der Waals surface area (Å²) in [6.45, 7) is 2.25. The van der Waals surface area contributed by atoms with Gasteiger partial charge in [-0.25, -0.2) is 0 Å². The first-order valence-electron chi connectivity index (χ1n) is 7.56. The van der Waals surface area contributed by atoms with Crippen molar-refractivity contribution in [3.05, 3.63) is 35.4 Å². The topological polar surface area (TPSA) is 69.7 Å². The Morgan fingerprint density at radius 2 is 1.95 bits per heavy atom. The predicted octanol–water partition coefficient (Wildman–Crippen LogP) is 1.42. The van der Waals surface area contributed by atoms with E-state index in [2.05, 4.69) is 4.90 Å². The molecule has 0 aliphatic carbocycles. The maximum absolute atomic E-state index is 10.4. The van der Waals surface area contributed by atoms with Crippen LogP contribution in [0.1, 0.15) is 42.9 Å². The predicted molar refractivity (Wildman–Crippen MR) is 80.2 cm³/mol. The third-order valence-corrected chi connectivity index (χ3v) is 4.22. The van der Waals surface area contributed by atoms with Crippen LogP contribution in [0.2, 0.25) is 0 Å².